The van der Waals surface area contributed by atoms with Crippen LogP contribution in [-0.2, 0) is 0 Å². The molecule has 238 valence electrons. The minimum Gasteiger partial charge on any atom is -0.0991 e. The van der Waals surface area contributed by atoms with Crippen LogP contribution in [0.5, 0.6) is 0 Å². The predicted molar refractivity (Wildman–Crippen MR) is 217 cm³/mol. The molecule has 0 aliphatic carbocycles. The third kappa shape index (κ3) is 34.5. The van der Waals surface area contributed by atoms with E-state index in [2.05, 4.69) is 65.8 Å². The summed E-state index contributed by atoms with van der Waals surface area (Å²) in [4.78, 5) is 0. The Morgan fingerprint density at radius 3 is 0.565 bits per heavy atom. The molecule has 0 radical (unpaired) electrons. The first-order valence-electron chi connectivity index (χ1n) is 14.7. The Bertz CT molecular complexity index is 1170. The van der Waals surface area contributed by atoms with E-state index in [0.29, 0.717) is 0 Å². The summed E-state index contributed by atoms with van der Waals surface area (Å²) in [5.41, 5.74) is 6.73. The van der Waals surface area contributed by atoms with E-state index < -0.39 is 0 Å². The van der Waals surface area contributed by atoms with Gasteiger partial charge in [0.1, 0.15) is 0 Å². The summed E-state index contributed by atoms with van der Waals surface area (Å²) < 4.78 is 0. The summed E-state index contributed by atoms with van der Waals surface area (Å²) in [5, 5.41) is 0. The van der Waals surface area contributed by atoms with Crippen LogP contribution in [0.1, 0.15) is 36.1 Å². The third-order valence-corrected chi connectivity index (χ3v) is 5.00. The van der Waals surface area contributed by atoms with Crippen LogP contribution in [0, 0.1) is 0 Å². The van der Waals surface area contributed by atoms with E-state index in [1.807, 2.05) is 159 Å². The summed E-state index contributed by atoms with van der Waals surface area (Å²) in [6.07, 6.45) is 14.1. The lowest BCUT2D eigenvalue weighted by atomic mass is 10.2. The molecule has 0 heteroatoms. The average molecular weight is 607 g/mol. The van der Waals surface area contributed by atoms with Crippen LogP contribution in [-0.4, -0.2) is 0 Å². The molecule has 0 saturated carbocycles. The molecular weight excluding hydrogens is 553 g/mol. The van der Waals surface area contributed by atoms with Crippen molar-refractivity contribution in [2.75, 3.05) is 0 Å². The van der Waals surface area contributed by atoms with Gasteiger partial charge in [0.15, 0.2) is 0 Å². The van der Waals surface area contributed by atoms with E-state index in [0.717, 1.165) is 11.1 Å². The fourth-order valence-corrected chi connectivity index (χ4v) is 2.36. The fraction of sp³-hybridized carbons (Fsp3) is 0.0435. The Morgan fingerprint density at radius 1 is 0.348 bits per heavy atom. The molecule has 4 aromatic carbocycles. The molecule has 0 aliphatic rings. The predicted octanol–water partition coefficient (Wildman–Crippen LogP) is 14.2. The molecule has 46 heavy (non-hydrogen) atoms. The van der Waals surface area contributed by atoms with Crippen LogP contribution in [0.15, 0.2) is 223 Å². The van der Waals surface area contributed by atoms with Gasteiger partial charge in [-0.3, -0.25) is 0 Å². The van der Waals surface area contributed by atoms with Crippen molar-refractivity contribution < 1.29 is 0 Å². The molecule has 0 amide bonds. The van der Waals surface area contributed by atoms with E-state index >= 15 is 0 Å². The van der Waals surface area contributed by atoms with Gasteiger partial charge in [0.05, 0.1) is 0 Å². The molecule has 0 aromatic heterocycles. The molecule has 4 rings (SSSR count). The van der Waals surface area contributed by atoms with Gasteiger partial charge >= 0.3 is 0 Å². The summed E-state index contributed by atoms with van der Waals surface area (Å²) in [6, 6.07) is 40.1. The SMILES string of the molecule is C=CC(=C)C.C=CC(=C)C.C=CC=C.C=Cc1ccccc1.C=Cc1ccccc1.C=Cc1ccccc1.C=Cc1ccccc1. The first-order chi connectivity index (χ1) is 22.2. The smallest absolute Gasteiger partial charge is 0.0263 e. The zero-order valence-corrected chi connectivity index (χ0v) is 28.2. The summed E-state index contributed by atoms with van der Waals surface area (Å²) in [7, 11) is 0. The molecule has 0 atom stereocenters. The van der Waals surface area contributed by atoms with E-state index in [1.54, 1.807) is 24.3 Å². The Labute approximate surface area is 282 Å². The van der Waals surface area contributed by atoms with Crippen LogP contribution in [0.25, 0.3) is 24.3 Å². The highest BCUT2D eigenvalue weighted by molar-refractivity contribution is 5.47. The van der Waals surface area contributed by atoms with Crippen molar-refractivity contribution in [3.63, 3.8) is 0 Å². The van der Waals surface area contributed by atoms with Crippen molar-refractivity contribution in [1.29, 1.82) is 0 Å². The molecule has 0 N–H and O–H groups in total. The van der Waals surface area contributed by atoms with Crippen LogP contribution in [0.3, 0.4) is 0 Å². The van der Waals surface area contributed by atoms with Gasteiger partial charge in [-0.05, 0) is 36.1 Å². The maximum Gasteiger partial charge on any atom is -0.0263 e. The molecule has 0 unspecified atom stereocenters. The maximum atomic E-state index is 3.63. The van der Waals surface area contributed by atoms with E-state index in [4.69, 9.17) is 0 Å². The number of allylic oxidation sites excluding steroid dienone is 6. The Morgan fingerprint density at radius 2 is 0.500 bits per heavy atom. The van der Waals surface area contributed by atoms with Gasteiger partial charge in [-0.2, -0.15) is 0 Å². The molecule has 0 bridgehead atoms. The van der Waals surface area contributed by atoms with Crippen molar-refractivity contribution in [3.8, 4) is 0 Å². The van der Waals surface area contributed by atoms with Crippen LogP contribution in [0.2, 0.25) is 0 Å². The van der Waals surface area contributed by atoms with E-state index in [-0.39, 0.29) is 0 Å². The lowest BCUT2D eigenvalue weighted by Gasteiger charge is -1.85. The number of rotatable bonds is 7. The first kappa shape index (κ1) is 44.7. The van der Waals surface area contributed by atoms with Gasteiger partial charge in [0, 0.05) is 0 Å². The first-order valence-corrected chi connectivity index (χ1v) is 14.7. The van der Waals surface area contributed by atoms with Crippen molar-refractivity contribution in [2.24, 2.45) is 0 Å². The van der Waals surface area contributed by atoms with Gasteiger partial charge in [-0.15, -0.1) is 0 Å². The molecule has 0 spiro atoms. The normalized spacial score (nSPS) is 7.78. The van der Waals surface area contributed by atoms with Crippen LogP contribution < -0.4 is 0 Å². The topological polar surface area (TPSA) is 0 Å². The molecule has 0 nitrogen and oxygen atoms in total. The summed E-state index contributed by atoms with van der Waals surface area (Å²) in [5.74, 6) is 0. The zero-order valence-electron chi connectivity index (χ0n) is 28.2. The van der Waals surface area contributed by atoms with Gasteiger partial charge in [-0.25, -0.2) is 0 Å². The second-order valence-electron chi connectivity index (χ2n) is 9.03. The van der Waals surface area contributed by atoms with Crippen molar-refractivity contribution in [2.45, 2.75) is 13.8 Å². The average Bonchev–Trinajstić information content (AvgIpc) is 3.14. The fourth-order valence-electron chi connectivity index (χ4n) is 2.36. The second-order valence-corrected chi connectivity index (χ2v) is 9.03. The Balaban J connectivity index is -0.000000477. The van der Waals surface area contributed by atoms with Crippen molar-refractivity contribution >= 4 is 24.3 Å². The van der Waals surface area contributed by atoms with Gasteiger partial charge < -0.3 is 0 Å². The molecular formula is C46H54. The zero-order chi connectivity index (χ0) is 35.3. The standard InChI is InChI=1S/4C8H8.2C5H8.C4H6/c4*1-2-8-6-4-3-5-7-8;2*1-4-5(2)3;1-3-4-2/h4*2-7H,1H2;2*4H,1-2H2,3H3;3-4H,1-2H2. The quantitative estimate of drug-likeness (QED) is 0.184. The number of hydrogen-bond donors (Lipinski definition) is 0. The van der Waals surface area contributed by atoms with Crippen molar-refractivity contribution in [1.82, 2.24) is 0 Å². The molecule has 4 aromatic rings. The monoisotopic (exact) mass is 606 g/mol. The van der Waals surface area contributed by atoms with Crippen LogP contribution >= 0.6 is 0 Å². The molecule has 0 aliphatic heterocycles. The van der Waals surface area contributed by atoms with Crippen molar-refractivity contribution in [3.05, 3.63) is 245 Å². The molecule has 0 fully saturated rings. The maximum absolute atomic E-state index is 3.63. The molecule has 0 saturated heterocycles. The lowest BCUT2D eigenvalue weighted by molar-refractivity contribution is 1.58. The largest absolute Gasteiger partial charge is 0.0991 e. The highest BCUT2D eigenvalue weighted by atomic mass is 13.8. The number of hydrogen-bond acceptors (Lipinski definition) is 0. The minimum absolute atomic E-state index is 1.02. The highest BCUT2D eigenvalue weighted by Crippen LogP contribution is 1.99. The van der Waals surface area contributed by atoms with Gasteiger partial charge in [0.2, 0.25) is 0 Å². The summed E-state index contributed by atoms with van der Waals surface area (Å²) in [6.45, 7) is 39.1. The van der Waals surface area contributed by atoms with Crippen LogP contribution in [0.4, 0.5) is 0 Å². The summed E-state index contributed by atoms with van der Waals surface area (Å²) >= 11 is 0. The number of benzene rings is 4. The van der Waals surface area contributed by atoms with Gasteiger partial charge in [0.25, 0.3) is 0 Å². The molecule has 0 heterocycles. The lowest BCUT2D eigenvalue weighted by Crippen LogP contribution is -1.63. The minimum atomic E-state index is 1.02. The highest BCUT2D eigenvalue weighted by Gasteiger charge is 1.78. The Hall–Kier alpha value is -5.72. The Kier molecular flexibility index (Phi) is 34.5. The van der Waals surface area contributed by atoms with E-state index in [9.17, 15) is 0 Å². The second kappa shape index (κ2) is 35.5. The third-order valence-electron chi connectivity index (χ3n) is 5.00. The van der Waals surface area contributed by atoms with Gasteiger partial charge in [-0.1, -0.05) is 247 Å². The van der Waals surface area contributed by atoms with E-state index in [1.165, 1.54) is 22.3 Å².